The number of nitrogens with one attached hydrogen (secondary N) is 2. The number of hydrogen-bond donors (Lipinski definition) is 2. The largest absolute Gasteiger partial charge is 0.337 e. The Balaban J connectivity index is 2.10. The zero-order chi connectivity index (χ0) is 14.3. The molecule has 0 saturated carbocycles. The Kier molecular flexibility index (Phi) is 3.13. The summed E-state index contributed by atoms with van der Waals surface area (Å²) in [6.45, 7) is 3.81. The molecule has 0 unspecified atom stereocenters. The predicted molar refractivity (Wildman–Crippen MR) is 78.5 cm³/mol. The van der Waals surface area contributed by atoms with E-state index in [0.29, 0.717) is 27.1 Å². The molecule has 3 rings (SSSR count). The lowest BCUT2D eigenvalue weighted by Crippen LogP contribution is -1.99. The van der Waals surface area contributed by atoms with Gasteiger partial charge in [-0.1, -0.05) is 0 Å². The predicted octanol–water partition coefficient (Wildman–Crippen LogP) is 3.61. The number of aryl methyl sites for hydroxylation is 2. The molecule has 1 aromatic carbocycles. The van der Waals surface area contributed by atoms with Crippen molar-refractivity contribution in [1.29, 1.82) is 0 Å². The first-order valence-electron chi connectivity index (χ1n) is 5.94. The summed E-state index contributed by atoms with van der Waals surface area (Å²) in [6, 6.07) is 3.26. The van der Waals surface area contributed by atoms with E-state index in [0.717, 1.165) is 11.1 Å². The molecule has 3 aromatic rings. The second-order valence-electron chi connectivity index (χ2n) is 4.50. The van der Waals surface area contributed by atoms with E-state index in [2.05, 4.69) is 41.4 Å². The normalized spacial score (nSPS) is 11.0. The van der Waals surface area contributed by atoms with Crippen LogP contribution in [0.4, 0.5) is 15.9 Å². The summed E-state index contributed by atoms with van der Waals surface area (Å²) < 4.78 is 14.7. The van der Waals surface area contributed by atoms with Crippen molar-refractivity contribution >= 4 is 38.5 Å². The highest BCUT2D eigenvalue weighted by Crippen LogP contribution is 2.29. The molecule has 0 bridgehead atoms. The SMILES string of the molecule is Cc1cc(F)c(Nc2ncnc3n[nH]c(Br)c23)cc1C. The highest BCUT2D eigenvalue weighted by Gasteiger charge is 2.13. The molecule has 5 nitrogen and oxygen atoms in total. The minimum atomic E-state index is -0.320. The third-order valence-corrected chi connectivity index (χ3v) is 3.72. The van der Waals surface area contributed by atoms with Gasteiger partial charge in [0.05, 0.1) is 11.1 Å². The smallest absolute Gasteiger partial charge is 0.187 e. The van der Waals surface area contributed by atoms with Crippen LogP contribution in [0.25, 0.3) is 11.0 Å². The zero-order valence-corrected chi connectivity index (χ0v) is 12.4. The first-order chi connectivity index (χ1) is 9.56. The van der Waals surface area contributed by atoms with Crippen molar-refractivity contribution in [3.05, 3.63) is 40.0 Å². The Morgan fingerprint density at radius 1 is 1.20 bits per heavy atom. The molecule has 2 heterocycles. The van der Waals surface area contributed by atoms with Crippen LogP contribution in [0.1, 0.15) is 11.1 Å². The Labute approximate surface area is 122 Å². The van der Waals surface area contributed by atoms with Gasteiger partial charge in [0.1, 0.15) is 22.6 Å². The Morgan fingerprint density at radius 3 is 2.75 bits per heavy atom. The Hall–Kier alpha value is -2.02. The van der Waals surface area contributed by atoms with E-state index in [4.69, 9.17) is 0 Å². The topological polar surface area (TPSA) is 66.5 Å². The maximum absolute atomic E-state index is 14.0. The monoisotopic (exact) mass is 335 g/mol. The number of aromatic amines is 1. The van der Waals surface area contributed by atoms with Crippen LogP contribution in [0, 0.1) is 19.7 Å². The van der Waals surface area contributed by atoms with Crippen LogP contribution in [0.5, 0.6) is 0 Å². The van der Waals surface area contributed by atoms with Gasteiger partial charge in [0.15, 0.2) is 5.65 Å². The van der Waals surface area contributed by atoms with E-state index >= 15 is 0 Å². The van der Waals surface area contributed by atoms with Crippen LogP contribution in [-0.4, -0.2) is 20.2 Å². The highest BCUT2D eigenvalue weighted by atomic mass is 79.9. The van der Waals surface area contributed by atoms with Crippen LogP contribution in [0.3, 0.4) is 0 Å². The molecule has 0 fully saturated rings. The molecule has 0 saturated heterocycles. The van der Waals surface area contributed by atoms with Crippen molar-refractivity contribution in [2.75, 3.05) is 5.32 Å². The molecule has 0 aliphatic heterocycles. The molecule has 0 aliphatic rings. The third kappa shape index (κ3) is 2.14. The van der Waals surface area contributed by atoms with E-state index in [9.17, 15) is 4.39 Å². The maximum atomic E-state index is 14.0. The number of benzene rings is 1. The van der Waals surface area contributed by atoms with Gasteiger partial charge in [0.2, 0.25) is 0 Å². The number of nitrogens with zero attached hydrogens (tertiary/aromatic N) is 3. The summed E-state index contributed by atoms with van der Waals surface area (Å²) in [5, 5.41) is 10.5. The number of aromatic nitrogens is 4. The molecule has 2 N–H and O–H groups in total. The number of hydrogen-bond acceptors (Lipinski definition) is 4. The van der Waals surface area contributed by atoms with Gasteiger partial charge in [-0.05, 0) is 53.0 Å². The quantitative estimate of drug-likeness (QED) is 0.750. The summed E-state index contributed by atoms with van der Waals surface area (Å²) >= 11 is 3.34. The molecule has 0 radical (unpaired) electrons. The molecule has 0 aliphatic carbocycles. The van der Waals surface area contributed by atoms with Crippen molar-refractivity contribution < 1.29 is 4.39 Å². The highest BCUT2D eigenvalue weighted by molar-refractivity contribution is 9.10. The molecule has 20 heavy (non-hydrogen) atoms. The lowest BCUT2D eigenvalue weighted by molar-refractivity contribution is 0.630. The van der Waals surface area contributed by atoms with Gasteiger partial charge >= 0.3 is 0 Å². The van der Waals surface area contributed by atoms with E-state index in [1.807, 2.05) is 13.8 Å². The number of halogens is 2. The molecular weight excluding hydrogens is 325 g/mol. The van der Waals surface area contributed by atoms with Crippen LogP contribution >= 0.6 is 15.9 Å². The van der Waals surface area contributed by atoms with E-state index in [1.54, 1.807) is 6.07 Å². The summed E-state index contributed by atoms with van der Waals surface area (Å²) in [5.41, 5.74) is 2.80. The summed E-state index contributed by atoms with van der Waals surface area (Å²) in [6.07, 6.45) is 1.39. The molecule has 7 heteroatoms. The van der Waals surface area contributed by atoms with Gasteiger partial charge in [-0.25, -0.2) is 14.4 Å². The van der Waals surface area contributed by atoms with Crippen molar-refractivity contribution in [1.82, 2.24) is 20.2 Å². The first kappa shape index (κ1) is 13.0. The first-order valence-corrected chi connectivity index (χ1v) is 6.74. The fourth-order valence-corrected chi connectivity index (χ4v) is 2.37. The standard InChI is InChI=1S/C13H11BrFN5/c1-6-3-8(15)9(4-7(6)2)18-12-10-11(14)19-20-13(10)17-5-16-12/h3-5H,1-2H3,(H2,16,17,18,19,20). The minimum absolute atomic E-state index is 0.320. The molecular formula is C13H11BrFN5. The van der Waals surface area contributed by atoms with Crippen LogP contribution in [-0.2, 0) is 0 Å². The van der Waals surface area contributed by atoms with E-state index in [-0.39, 0.29) is 5.82 Å². The van der Waals surface area contributed by atoms with Gasteiger partial charge in [-0.2, -0.15) is 5.10 Å². The maximum Gasteiger partial charge on any atom is 0.187 e. The van der Waals surface area contributed by atoms with Gasteiger partial charge in [-0.3, -0.25) is 5.10 Å². The zero-order valence-electron chi connectivity index (χ0n) is 10.8. The number of rotatable bonds is 2. The number of anilines is 2. The van der Waals surface area contributed by atoms with Crippen molar-refractivity contribution in [3.8, 4) is 0 Å². The second-order valence-corrected chi connectivity index (χ2v) is 5.29. The van der Waals surface area contributed by atoms with Crippen molar-refractivity contribution in [3.63, 3.8) is 0 Å². The van der Waals surface area contributed by atoms with Gasteiger partial charge in [-0.15, -0.1) is 0 Å². The van der Waals surface area contributed by atoms with Crippen LogP contribution in [0.2, 0.25) is 0 Å². The fraction of sp³-hybridized carbons (Fsp3) is 0.154. The van der Waals surface area contributed by atoms with Crippen molar-refractivity contribution in [2.24, 2.45) is 0 Å². The molecule has 2 aromatic heterocycles. The number of H-pyrrole nitrogens is 1. The average molecular weight is 336 g/mol. The summed E-state index contributed by atoms with van der Waals surface area (Å²) in [5.74, 6) is 0.178. The second kappa shape index (κ2) is 4.82. The number of fused-ring (bicyclic) bond motifs is 1. The average Bonchev–Trinajstić information content (AvgIpc) is 2.79. The van der Waals surface area contributed by atoms with E-state index < -0.39 is 0 Å². The van der Waals surface area contributed by atoms with E-state index in [1.165, 1.54) is 12.4 Å². The van der Waals surface area contributed by atoms with Gasteiger partial charge in [0.25, 0.3) is 0 Å². The van der Waals surface area contributed by atoms with Crippen LogP contribution < -0.4 is 5.32 Å². The third-order valence-electron chi connectivity index (χ3n) is 3.14. The fourth-order valence-electron chi connectivity index (χ4n) is 1.92. The molecule has 0 spiro atoms. The Bertz CT molecular complexity index is 799. The van der Waals surface area contributed by atoms with Gasteiger partial charge < -0.3 is 5.32 Å². The van der Waals surface area contributed by atoms with Gasteiger partial charge in [0, 0.05) is 0 Å². The Morgan fingerprint density at radius 2 is 1.95 bits per heavy atom. The summed E-state index contributed by atoms with van der Waals surface area (Å²) in [7, 11) is 0. The molecule has 102 valence electrons. The van der Waals surface area contributed by atoms with Crippen molar-refractivity contribution in [2.45, 2.75) is 13.8 Å². The molecule has 0 amide bonds. The van der Waals surface area contributed by atoms with Crippen LogP contribution in [0.15, 0.2) is 23.1 Å². The molecule has 0 atom stereocenters. The lowest BCUT2D eigenvalue weighted by Gasteiger charge is -2.10. The lowest BCUT2D eigenvalue weighted by atomic mass is 10.1. The summed E-state index contributed by atoms with van der Waals surface area (Å²) in [4.78, 5) is 8.19. The minimum Gasteiger partial charge on any atom is -0.337 e.